The van der Waals surface area contributed by atoms with Crippen LogP contribution in [-0.4, -0.2) is 16.3 Å². The number of nitrogen functional groups attached to an aromatic ring is 1. The quantitative estimate of drug-likeness (QED) is 0.784. The van der Waals surface area contributed by atoms with E-state index in [4.69, 9.17) is 5.73 Å². The molecule has 5 heteroatoms. The van der Waals surface area contributed by atoms with Crippen molar-refractivity contribution >= 4 is 23.6 Å². The molecule has 1 heterocycles. The van der Waals surface area contributed by atoms with Gasteiger partial charge in [0.15, 0.2) is 6.29 Å². The van der Waals surface area contributed by atoms with Crippen molar-refractivity contribution in [2.45, 2.75) is 6.92 Å². The van der Waals surface area contributed by atoms with Gasteiger partial charge >= 0.3 is 0 Å². The second kappa shape index (κ2) is 4.61. The van der Waals surface area contributed by atoms with Crippen LogP contribution in [0.5, 0.6) is 0 Å². The van der Waals surface area contributed by atoms with E-state index in [2.05, 4.69) is 15.3 Å². The molecule has 0 saturated heterocycles. The summed E-state index contributed by atoms with van der Waals surface area (Å²) in [6, 6.07) is 9.44. The van der Waals surface area contributed by atoms with Gasteiger partial charge in [-0.05, 0) is 19.1 Å². The molecule has 0 bridgehead atoms. The highest BCUT2D eigenvalue weighted by atomic mass is 16.1. The van der Waals surface area contributed by atoms with Gasteiger partial charge in [-0.3, -0.25) is 4.79 Å². The Morgan fingerprint density at radius 1 is 1.24 bits per heavy atom. The average molecular weight is 228 g/mol. The molecule has 2 rings (SSSR count). The Kier molecular flexibility index (Phi) is 3.00. The Labute approximate surface area is 98.7 Å². The maximum Gasteiger partial charge on any atom is 0.157 e. The van der Waals surface area contributed by atoms with E-state index >= 15 is 0 Å². The molecule has 0 spiro atoms. The van der Waals surface area contributed by atoms with Crippen molar-refractivity contribution in [3.63, 3.8) is 0 Å². The van der Waals surface area contributed by atoms with Crippen LogP contribution in [0.1, 0.15) is 16.2 Å². The van der Waals surface area contributed by atoms with Crippen LogP contribution in [-0.2, 0) is 0 Å². The fourth-order valence-corrected chi connectivity index (χ4v) is 1.47. The molecule has 0 saturated carbocycles. The van der Waals surface area contributed by atoms with Crippen molar-refractivity contribution in [3.05, 3.63) is 41.7 Å². The first-order valence-corrected chi connectivity index (χ1v) is 5.12. The molecule has 0 fully saturated rings. The summed E-state index contributed by atoms with van der Waals surface area (Å²) in [7, 11) is 0. The first-order valence-electron chi connectivity index (χ1n) is 5.12. The lowest BCUT2D eigenvalue weighted by Gasteiger charge is -2.09. The molecule has 0 amide bonds. The van der Waals surface area contributed by atoms with E-state index in [0.29, 0.717) is 17.9 Å². The molecule has 1 aromatic carbocycles. The molecule has 3 N–H and O–H groups in total. The summed E-state index contributed by atoms with van der Waals surface area (Å²) in [6.45, 7) is 1.72. The fraction of sp³-hybridized carbons (Fsp3) is 0.0833. The van der Waals surface area contributed by atoms with Crippen LogP contribution in [0.15, 0.2) is 30.3 Å². The number of benzene rings is 1. The van der Waals surface area contributed by atoms with Crippen molar-refractivity contribution < 1.29 is 4.79 Å². The van der Waals surface area contributed by atoms with E-state index in [1.165, 1.54) is 0 Å². The van der Waals surface area contributed by atoms with Crippen LogP contribution in [0.25, 0.3) is 0 Å². The largest absolute Gasteiger partial charge is 0.383 e. The number of para-hydroxylation sites is 1. The highest BCUT2D eigenvalue weighted by Gasteiger charge is 2.10. The first kappa shape index (κ1) is 11.1. The number of aromatic nitrogens is 2. The summed E-state index contributed by atoms with van der Waals surface area (Å²) in [4.78, 5) is 19.1. The number of aldehydes is 1. The number of rotatable bonds is 3. The molecule has 1 aromatic heterocycles. The number of aryl methyl sites for hydroxylation is 1. The van der Waals surface area contributed by atoms with Gasteiger partial charge in [-0.2, -0.15) is 0 Å². The lowest BCUT2D eigenvalue weighted by molar-refractivity contribution is 0.112. The summed E-state index contributed by atoms with van der Waals surface area (Å²) in [6.07, 6.45) is 0.653. The maximum absolute atomic E-state index is 10.9. The lowest BCUT2D eigenvalue weighted by atomic mass is 10.2. The van der Waals surface area contributed by atoms with Crippen LogP contribution >= 0.6 is 0 Å². The van der Waals surface area contributed by atoms with Gasteiger partial charge in [0.1, 0.15) is 17.5 Å². The number of nitrogens with zero attached hydrogens (tertiary/aromatic N) is 2. The number of hydrogen-bond acceptors (Lipinski definition) is 5. The van der Waals surface area contributed by atoms with Crippen LogP contribution in [0.3, 0.4) is 0 Å². The van der Waals surface area contributed by atoms with Gasteiger partial charge in [0.25, 0.3) is 0 Å². The summed E-state index contributed by atoms with van der Waals surface area (Å²) in [5.41, 5.74) is 6.78. The number of hydrogen-bond donors (Lipinski definition) is 2. The molecule has 0 radical (unpaired) electrons. The van der Waals surface area contributed by atoms with E-state index in [0.717, 1.165) is 5.69 Å². The summed E-state index contributed by atoms with van der Waals surface area (Å²) in [5, 5.41) is 3.04. The molecule has 0 aliphatic heterocycles. The minimum Gasteiger partial charge on any atom is -0.383 e. The topological polar surface area (TPSA) is 80.9 Å². The van der Waals surface area contributed by atoms with Crippen LogP contribution in [0.2, 0.25) is 0 Å². The number of nitrogens with one attached hydrogen (secondary N) is 1. The summed E-state index contributed by atoms with van der Waals surface area (Å²) >= 11 is 0. The minimum absolute atomic E-state index is 0.186. The highest BCUT2D eigenvalue weighted by molar-refractivity contribution is 5.89. The molecule has 0 aliphatic rings. The van der Waals surface area contributed by atoms with Crippen molar-refractivity contribution in [1.82, 2.24) is 9.97 Å². The van der Waals surface area contributed by atoms with Gasteiger partial charge in [-0.15, -0.1) is 0 Å². The fourth-order valence-electron chi connectivity index (χ4n) is 1.47. The number of carbonyl (C=O) groups is 1. The Morgan fingerprint density at radius 2 is 1.94 bits per heavy atom. The molecule has 2 aromatic rings. The zero-order valence-corrected chi connectivity index (χ0v) is 9.34. The molecule has 17 heavy (non-hydrogen) atoms. The van der Waals surface area contributed by atoms with Crippen LogP contribution in [0, 0.1) is 6.92 Å². The Bertz CT molecular complexity index is 540. The smallest absolute Gasteiger partial charge is 0.157 e. The third kappa shape index (κ3) is 2.39. The van der Waals surface area contributed by atoms with E-state index < -0.39 is 0 Å². The second-order valence-electron chi connectivity index (χ2n) is 3.53. The Morgan fingerprint density at radius 3 is 2.59 bits per heavy atom. The number of anilines is 3. The predicted octanol–water partition coefficient (Wildman–Crippen LogP) is 1.92. The SMILES string of the molecule is Cc1nc(N)c(C=O)c(Nc2ccccc2)n1. The van der Waals surface area contributed by atoms with Gasteiger partial charge in [0.2, 0.25) is 0 Å². The van der Waals surface area contributed by atoms with Gasteiger partial charge in [-0.25, -0.2) is 9.97 Å². The standard InChI is InChI=1S/C12H12N4O/c1-8-14-11(13)10(7-17)12(15-8)16-9-5-3-2-4-6-9/h2-7H,1H3,(H3,13,14,15,16). The molecule has 5 nitrogen and oxygen atoms in total. The van der Waals surface area contributed by atoms with Crippen LogP contribution < -0.4 is 11.1 Å². The molecule has 0 unspecified atom stereocenters. The summed E-state index contributed by atoms with van der Waals surface area (Å²) < 4.78 is 0. The monoisotopic (exact) mass is 228 g/mol. The van der Waals surface area contributed by atoms with E-state index in [9.17, 15) is 4.79 Å². The Balaban J connectivity index is 2.41. The summed E-state index contributed by atoms with van der Waals surface area (Å²) in [5.74, 6) is 1.13. The van der Waals surface area contributed by atoms with E-state index in [1.807, 2.05) is 30.3 Å². The van der Waals surface area contributed by atoms with Crippen molar-refractivity contribution in [2.75, 3.05) is 11.1 Å². The number of nitrogens with two attached hydrogens (primary N) is 1. The molecular formula is C12H12N4O. The highest BCUT2D eigenvalue weighted by Crippen LogP contribution is 2.20. The van der Waals surface area contributed by atoms with Crippen molar-refractivity contribution in [1.29, 1.82) is 0 Å². The Hall–Kier alpha value is -2.43. The zero-order chi connectivity index (χ0) is 12.3. The van der Waals surface area contributed by atoms with Gasteiger partial charge in [-0.1, -0.05) is 18.2 Å². The van der Waals surface area contributed by atoms with Crippen molar-refractivity contribution in [2.24, 2.45) is 0 Å². The van der Waals surface area contributed by atoms with Crippen LogP contribution in [0.4, 0.5) is 17.3 Å². The normalized spacial score (nSPS) is 9.94. The molecule has 0 aliphatic carbocycles. The first-order chi connectivity index (χ1) is 8.20. The lowest BCUT2D eigenvalue weighted by Crippen LogP contribution is -2.06. The third-order valence-corrected chi connectivity index (χ3v) is 2.24. The van der Waals surface area contributed by atoms with Gasteiger partial charge in [0.05, 0.1) is 5.56 Å². The van der Waals surface area contributed by atoms with Crippen molar-refractivity contribution in [3.8, 4) is 0 Å². The predicted molar refractivity (Wildman–Crippen MR) is 66.3 cm³/mol. The minimum atomic E-state index is 0.186. The van der Waals surface area contributed by atoms with Gasteiger partial charge < -0.3 is 11.1 Å². The maximum atomic E-state index is 10.9. The molecule has 0 atom stereocenters. The van der Waals surface area contributed by atoms with E-state index in [-0.39, 0.29) is 11.4 Å². The average Bonchev–Trinajstić information content (AvgIpc) is 2.30. The zero-order valence-electron chi connectivity index (χ0n) is 9.34. The number of carbonyl (C=O) groups excluding carboxylic acids is 1. The second-order valence-corrected chi connectivity index (χ2v) is 3.53. The van der Waals surface area contributed by atoms with Gasteiger partial charge in [0, 0.05) is 5.69 Å². The molecule has 86 valence electrons. The molecular weight excluding hydrogens is 216 g/mol. The van der Waals surface area contributed by atoms with E-state index in [1.54, 1.807) is 6.92 Å². The third-order valence-electron chi connectivity index (χ3n) is 2.24.